The number of aliphatic hydroxyl groups excluding tert-OH is 1. The molecule has 25 heavy (non-hydrogen) atoms. The Kier molecular flexibility index (Phi) is 5.46. The molecule has 3 aromatic rings. The van der Waals surface area contributed by atoms with Gasteiger partial charge in [0.15, 0.2) is 0 Å². The summed E-state index contributed by atoms with van der Waals surface area (Å²) >= 11 is 13.0. The Labute approximate surface area is 159 Å². The first-order valence-electron chi connectivity index (χ1n) is 7.27. The highest BCUT2D eigenvalue weighted by Gasteiger charge is 2.23. The number of halogens is 2. The van der Waals surface area contributed by atoms with Crippen LogP contribution in [0.3, 0.4) is 0 Å². The fourth-order valence-electron chi connectivity index (χ4n) is 2.24. The summed E-state index contributed by atoms with van der Waals surface area (Å²) in [5.41, 5.74) is 2.13. The van der Waals surface area contributed by atoms with Crippen LogP contribution in [-0.4, -0.2) is 30.9 Å². The van der Waals surface area contributed by atoms with E-state index in [0.717, 1.165) is 27.3 Å². The number of nitrogens with zero attached hydrogens (tertiary/aromatic N) is 1. The molecule has 1 aromatic heterocycles. The van der Waals surface area contributed by atoms with Crippen molar-refractivity contribution in [2.24, 2.45) is 0 Å². The van der Waals surface area contributed by atoms with Crippen LogP contribution >= 0.6 is 34.5 Å². The molecule has 1 N–H and O–H groups in total. The van der Waals surface area contributed by atoms with Gasteiger partial charge in [-0.25, -0.2) is 13.4 Å². The van der Waals surface area contributed by atoms with Crippen molar-refractivity contribution in [1.82, 2.24) is 4.98 Å². The normalized spacial score (nSPS) is 11.6. The summed E-state index contributed by atoms with van der Waals surface area (Å²) in [5.74, 6) is -0.360. The highest BCUT2D eigenvalue weighted by molar-refractivity contribution is 7.93. The Morgan fingerprint density at radius 2 is 1.44 bits per heavy atom. The molecule has 0 spiro atoms. The maximum atomic E-state index is 12.3. The predicted octanol–water partition coefficient (Wildman–Crippen LogP) is 4.55. The number of hydrogen-bond acceptors (Lipinski definition) is 5. The third kappa shape index (κ3) is 4.04. The van der Waals surface area contributed by atoms with Gasteiger partial charge in [-0.1, -0.05) is 47.5 Å². The monoisotopic (exact) mass is 413 g/mol. The maximum Gasteiger partial charge on any atom is 0.210 e. The molecule has 0 aliphatic carbocycles. The zero-order valence-corrected chi connectivity index (χ0v) is 16.0. The molecule has 0 aliphatic heterocycles. The smallest absolute Gasteiger partial charge is 0.210 e. The summed E-state index contributed by atoms with van der Waals surface area (Å²) in [6.07, 6.45) is 0. The minimum Gasteiger partial charge on any atom is -0.395 e. The Bertz CT molecular complexity index is 919. The first-order valence-corrected chi connectivity index (χ1v) is 10.5. The van der Waals surface area contributed by atoms with Crippen molar-refractivity contribution in [2.75, 3.05) is 12.4 Å². The number of rotatable bonds is 5. The zero-order valence-electron chi connectivity index (χ0n) is 12.8. The lowest BCUT2D eigenvalue weighted by atomic mass is 10.1. The van der Waals surface area contributed by atoms with Gasteiger partial charge in [0.25, 0.3) is 0 Å². The van der Waals surface area contributed by atoms with E-state index < -0.39 is 16.4 Å². The van der Waals surface area contributed by atoms with E-state index in [1.807, 2.05) is 12.1 Å². The van der Waals surface area contributed by atoms with E-state index in [1.54, 1.807) is 36.4 Å². The minimum absolute atomic E-state index is 0.0172. The van der Waals surface area contributed by atoms with Gasteiger partial charge in [0.05, 0.1) is 22.9 Å². The van der Waals surface area contributed by atoms with Gasteiger partial charge in [-0.05, 0) is 29.8 Å². The number of aliphatic hydroxyl groups is 1. The van der Waals surface area contributed by atoms with Crippen molar-refractivity contribution >= 4 is 44.4 Å². The molecule has 0 unspecified atom stereocenters. The molecule has 0 saturated heterocycles. The maximum absolute atomic E-state index is 12.3. The Balaban J connectivity index is 2.19. The second kappa shape index (κ2) is 7.43. The van der Waals surface area contributed by atoms with E-state index in [4.69, 9.17) is 28.3 Å². The first kappa shape index (κ1) is 18.4. The number of thiazole rings is 1. The van der Waals surface area contributed by atoms with Crippen LogP contribution in [0.1, 0.15) is 0 Å². The zero-order chi connectivity index (χ0) is 18.0. The highest BCUT2D eigenvalue weighted by Crippen LogP contribution is 2.39. The molecule has 130 valence electrons. The molecule has 8 heteroatoms. The van der Waals surface area contributed by atoms with Gasteiger partial charge in [0, 0.05) is 15.6 Å². The summed E-state index contributed by atoms with van der Waals surface area (Å²) in [7, 11) is -3.64. The lowest BCUT2D eigenvalue weighted by Gasteiger charge is -2.03. The Morgan fingerprint density at radius 3 is 1.96 bits per heavy atom. The molecule has 0 saturated carbocycles. The molecule has 0 atom stereocenters. The predicted molar refractivity (Wildman–Crippen MR) is 102 cm³/mol. The van der Waals surface area contributed by atoms with Crippen LogP contribution in [0.15, 0.2) is 52.9 Å². The topological polar surface area (TPSA) is 67.3 Å². The molecular weight excluding hydrogens is 401 g/mol. The van der Waals surface area contributed by atoms with Crippen molar-refractivity contribution in [2.45, 2.75) is 4.34 Å². The summed E-state index contributed by atoms with van der Waals surface area (Å²) in [4.78, 5) is 5.06. The number of aromatic nitrogens is 1. The summed E-state index contributed by atoms with van der Waals surface area (Å²) < 4.78 is 24.6. The molecule has 0 aliphatic rings. The van der Waals surface area contributed by atoms with E-state index in [2.05, 4.69) is 4.98 Å². The first-order chi connectivity index (χ1) is 11.9. The Hall–Kier alpha value is -1.44. The molecule has 2 aromatic carbocycles. The molecule has 3 rings (SSSR count). The third-order valence-corrected chi connectivity index (χ3v) is 7.22. The van der Waals surface area contributed by atoms with Gasteiger partial charge in [-0.15, -0.1) is 11.3 Å². The number of benzene rings is 2. The largest absolute Gasteiger partial charge is 0.395 e. The van der Waals surface area contributed by atoms with Crippen LogP contribution in [0.2, 0.25) is 10.0 Å². The highest BCUT2D eigenvalue weighted by atomic mass is 35.5. The van der Waals surface area contributed by atoms with E-state index in [1.165, 1.54) is 0 Å². The van der Waals surface area contributed by atoms with E-state index >= 15 is 0 Å². The van der Waals surface area contributed by atoms with Gasteiger partial charge >= 0.3 is 0 Å². The van der Waals surface area contributed by atoms with Gasteiger partial charge < -0.3 is 5.11 Å². The summed E-state index contributed by atoms with van der Waals surface area (Å²) in [6.45, 7) is -0.450. The number of hydrogen-bond donors (Lipinski definition) is 1. The second-order valence-electron chi connectivity index (χ2n) is 5.21. The van der Waals surface area contributed by atoms with E-state index in [0.29, 0.717) is 15.7 Å². The molecule has 0 bridgehead atoms. The quantitative estimate of drug-likeness (QED) is 0.665. The van der Waals surface area contributed by atoms with E-state index in [9.17, 15) is 8.42 Å². The second-order valence-corrected chi connectivity index (χ2v) is 9.37. The minimum atomic E-state index is -3.64. The lowest BCUT2D eigenvalue weighted by Crippen LogP contribution is -2.09. The van der Waals surface area contributed by atoms with Crippen molar-refractivity contribution < 1.29 is 13.5 Å². The van der Waals surface area contributed by atoms with Crippen molar-refractivity contribution in [3.8, 4) is 21.7 Å². The SMILES string of the molecule is O=S(=O)(CCO)c1nc(-c2ccc(Cl)cc2)c(-c2ccc(Cl)cc2)s1. The van der Waals surface area contributed by atoms with Crippen molar-refractivity contribution in [3.05, 3.63) is 58.6 Å². The molecule has 0 amide bonds. The van der Waals surface area contributed by atoms with Gasteiger partial charge in [-0.3, -0.25) is 0 Å². The molecule has 0 fully saturated rings. The molecule has 0 radical (unpaired) electrons. The van der Waals surface area contributed by atoms with Gasteiger partial charge in [0.1, 0.15) is 0 Å². The molecule has 1 heterocycles. The fraction of sp³-hybridized carbons (Fsp3) is 0.118. The van der Waals surface area contributed by atoms with Crippen LogP contribution in [0, 0.1) is 0 Å². The average Bonchev–Trinajstić information content (AvgIpc) is 3.02. The summed E-state index contributed by atoms with van der Waals surface area (Å²) in [5, 5.41) is 10.2. The van der Waals surface area contributed by atoms with Crippen LogP contribution in [0.4, 0.5) is 0 Å². The molecule has 4 nitrogen and oxygen atoms in total. The third-order valence-electron chi connectivity index (χ3n) is 3.46. The van der Waals surface area contributed by atoms with Crippen molar-refractivity contribution in [3.63, 3.8) is 0 Å². The molecular formula is C17H13Cl2NO3S2. The fourth-order valence-corrected chi connectivity index (χ4v) is 4.97. The lowest BCUT2D eigenvalue weighted by molar-refractivity contribution is 0.319. The van der Waals surface area contributed by atoms with Crippen LogP contribution < -0.4 is 0 Å². The van der Waals surface area contributed by atoms with Crippen LogP contribution in [-0.2, 0) is 9.84 Å². The van der Waals surface area contributed by atoms with Gasteiger partial charge in [-0.2, -0.15) is 0 Å². The van der Waals surface area contributed by atoms with Crippen molar-refractivity contribution in [1.29, 1.82) is 0 Å². The Morgan fingerprint density at radius 1 is 0.920 bits per heavy atom. The van der Waals surface area contributed by atoms with Crippen LogP contribution in [0.25, 0.3) is 21.7 Å². The standard InChI is InChI=1S/C17H13Cl2NO3S2/c18-13-5-1-11(2-6-13)15-16(12-3-7-14(19)8-4-12)24-17(20-15)25(22,23)10-9-21/h1-8,21H,9-10H2. The summed E-state index contributed by atoms with van der Waals surface area (Å²) in [6, 6.07) is 14.1. The van der Waals surface area contributed by atoms with Crippen LogP contribution in [0.5, 0.6) is 0 Å². The average molecular weight is 414 g/mol. The van der Waals surface area contributed by atoms with Gasteiger partial charge in [0.2, 0.25) is 14.2 Å². The van der Waals surface area contributed by atoms with E-state index in [-0.39, 0.29) is 10.1 Å². The number of sulfone groups is 1.